The van der Waals surface area contributed by atoms with Crippen LogP contribution in [0.4, 0.5) is 0 Å². The zero-order chi connectivity index (χ0) is 21.3. The Balaban J connectivity index is 1.68. The molecule has 2 aromatic carbocycles. The Morgan fingerprint density at radius 3 is 2.63 bits per heavy atom. The lowest BCUT2D eigenvalue weighted by molar-refractivity contribution is -0.144. The van der Waals surface area contributed by atoms with Crippen LogP contribution in [0.25, 0.3) is 22.8 Å². The maximum absolute atomic E-state index is 12.8. The summed E-state index contributed by atoms with van der Waals surface area (Å²) in [4.78, 5) is 38.0. The minimum Gasteiger partial charge on any atom is -0.338 e. The van der Waals surface area contributed by atoms with Gasteiger partial charge in [-0.15, -0.1) is 0 Å². The van der Waals surface area contributed by atoms with Crippen LogP contribution in [0.2, 0.25) is 5.02 Å². The van der Waals surface area contributed by atoms with Crippen LogP contribution in [-0.4, -0.2) is 32.3 Å². The van der Waals surface area contributed by atoms with Gasteiger partial charge in [0.25, 0.3) is 0 Å². The van der Waals surface area contributed by atoms with Crippen LogP contribution in [-0.2, 0) is 11.3 Å². The molecule has 0 unspecified atom stereocenters. The van der Waals surface area contributed by atoms with E-state index < -0.39 is 5.69 Å². The number of aromatic nitrogens is 3. The van der Waals surface area contributed by atoms with E-state index in [0.717, 1.165) is 30.5 Å². The van der Waals surface area contributed by atoms with Crippen molar-refractivity contribution in [3.63, 3.8) is 0 Å². The molecule has 154 valence electrons. The Kier molecular flexibility index (Phi) is 5.43. The lowest BCUT2D eigenvalue weighted by Gasteiger charge is -2.37. The van der Waals surface area contributed by atoms with Gasteiger partial charge in [0, 0.05) is 29.6 Å². The molecule has 0 atom stereocenters. The Hall–Kier alpha value is -2.99. The number of piperidine rings is 1. The summed E-state index contributed by atoms with van der Waals surface area (Å²) in [5.41, 5.74) is 1.46. The molecule has 1 amide bonds. The molecule has 1 N–H and O–H groups in total. The molecule has 0 aliphatic carbocycles. The summed E-state index contributed by atoms with van der Waals surface area (Å²) in [6.07, 6.45) is 1.89. The van der Waals surface area contributed by atoms with Gasteiger partial charge in [-0.3, -0.25) is 9.78 Å². The Morgan fingerprint density at radius 1 is 1.10 bits per heavy atom. The van der Waals surface area contributed by atoms with Crippen molar-refractivity contribution in [2.75, 3.05) is 6.54 Å². The van der Waals surface area contributed by atoms with E-state index in [9.17, 15) is 9.59 Å². The molecule has 0 spiro atoms. The number of hydrogen-bond donors (Lipinski definition) is 1. The first-order chi connectivity index (χ1) is 14.3. The maximum atomic E-state index is 12.8. The summed E-state index contributed by atoms with van der Waals surface area (Å²) < 4.78 is 0. The van der Waals surface area contributed by atoms with Gasteiger partial charge in [-0.05, 0) is 30.5 Å². The number of likely N-dealkylation sites (tertiary alicyclic amines) is 1. The van der Waals surface area contributed by atoms with E-state index >= 15 is 0 Å². The number of benzene rings is 2. The predicted octanol–water partition coefficient (Wildman–Crippen LogP) is 4.30. The van der Waals surface area contributed by atoms with Crippen LogP contribution in [0.15, 0.2) is 53.3 Å². The van der Waals surface area contributed by atoms with E-state index in [1.54, 1.807) is 6.07 Å². The third-order valence-corrected chi connectivity index (χ3v) is 5.77. The Morgan fingerprint density at radius 2 is 1.87 bits per heavy atom. The molecule has 2 heterocycles. The number of H-pyrrole nitrogens is 1. The van der Waals surface area contributed by atoms with Crippen molar-refractivity contribution < 1.29 is 4.79 Å². The highest BCUT2D eigenvalue weighted by Gasteiger charge is 2.35. The van der Waals surface area contributed by atoms with Crippen molar-refractivity contribution in [1.29, 1.82) is 0 Å². The summed E-state index contributed by atoms with van der Waals surface area (Å²) in [6, 6.07) is 14.9. The second-order valence-electron chi connectivity index (χ2n) is 8.22. The molecule has 4 rings (SSSR count). The average molecular weight is 423 g/mol. The quantitative estimate of drug-likeness (QED) is 0.679. The lowest BCUT2D eigenvalue weighted by Crippen LogP contribution is -2.45. The lowest BCUT2D eigenvalue weighted by atomic mass is 9.83. The summed E-state index contributed by atoms with van der Waals surface area (Å²) in [7, 11) is 0. The van der Waals surface area contributed by atoms with E-state index in [1.165, 1.54) is 0 Å². The van der Waals surface area contributed by atoms with Crippen molar-refractivity contribution in [3.8, 4) is 22.8 Å². The smallest absolute Gasteiger partial charge is 0.338 e. The van der Waals surface area contributed by atoms with Crippen LogP contribution >= 0.6 is 11.6 Å². The molecular weight excluding hydrogens is 400 g/mol. The molecule has 0 radical (unpaired) electrons. The fraction of sp³-hybridized carbons (Fsp3) is 0.304. The molecule has 1 aliphatic rings. The second kappa shape index (κ2) is 8.03. The van der Waals surface area contributed by atoms with Gasteiger partial charge in [0.1, 0.15) is 5.82 Å². The minimum atomic E-state index is -0.492. The number of hydrogen-bond acceptors (Lipinski definition) is 4. The van der Waals surface area contributed by atoms with Gasteiger partial charge in [0.05, 0.1) is 5.02 Å². The third kappa shape index (κ3) is 4.14. The second-order valence-corrected chi connectivity index (χ2v) is 8.63. The number of nitrogens with one attached hydrogen (secondary N) is 1. The van der Waals surface area contributed by atoms with E-state index in [4.69, 9.17) is 11.6 Å². The van der Waals surface area contributed by atoms with Crippen molar-refractivity contribution in [3.05, 3.63) is 69.6 Å². The summed E-state index contributed by atoms with van der Waals surface area (Å²) >= 11 is 6.44. The van der Waals surface area contributed by atoms with Crippen molar-refractivity contribution in [1.82, 2.24) is 19.9 Å². The number of rotatable bonds is 4. The number of carbonyl (C=O) groups excluding carboxylic acids is 1. The van der Waals surface area contributed by atoms with Crippen LogP contribution in [0.3, 0.4) is 0 Å². The monoisotopic (exact) mass is 422 g/mol. The highest BCUT2D eigenvalue weighted by Crippen LogP contribution is 2.32. The predicted molar refractivity (Wildman–Crippen MR) is 117 cm³/mol. The number of nitrogens with zero attached hydrogens (tertiary/aromatic N) is 3. The number of halogens is 1. The molecule has 7 heteroatoms. The highest BCUT2D eigenvalue weighted by molar-refractivity contribution is 6.33. The first kappa shape index (κ1) is 20.3. The average Bonchev–Trinajstić information content (AvgIpc) is 2.73. The van der Waals surface area contributed by atoms with E-state index in [0.29, 0.717) is 28.8 Å². The third-order valence-electron chi connectivity index (χ3n) is 5.44. The Labute approximate surface area is 180 Å². The van der Waals surface area contributed by atoms with Crippen molar-refractivity contribution in [2.45, 2.75) is 33.2 Å². The SMILES string of the molecule is CC1(C)CCCN(Cc2ccc(Cl)c(-c3nc(-c4ccccc4)nc(=O)[nH]3)c2)C1=O. The van der Waals surface area contributed by atoms with Gasteiger partial charge in [-0.2, -0.15) is 4.98 Å². The van der Waals surface area contributed by atoms with E-state index in [-0.39, 0.29) is 11.3 Å². The van der Waals surface area contributed by atoms with Crippen LogP contribution in [0.5, 0.6) is 0 Å². The number of carbonyl (C=O) groups is 1. The summed E-state index contributed by atoms with van der Waals surface area (Å²) in [6.45, 7) is 5.22. The summed E-state index contributed by atoms with van der Waals surface area (Å²) in [5, 5.41) is 0.470. The van der Waals surface area contributed by atoms with Gasteiger partial charge < -0.3 is 4.90 Å². The van der Waals surface area contributed by atoms with Crippen molar-refractivity contribution >= 4 is 17.5 Å². The van der Waals surface area contributed by atoms with Gasteiger partial charge >= 0.3 is 5.69 Å². The minimum absolute atomic E-state index is 0.159. The topological polar surface area (TPSA) is 79.0 Å². The first-order valence-electron chi connectivity index (χ1n) is 9.95. The molecule has 3 aromatic rings. The molecular formula is C23H23ClN4O2. The molecule has 1 saturated heterocycles. The van der Waals surface area contributed by atoms with Gasteiger partial charge in [0.2, 0.25) is 5.91 Å². The van der Waals surface area contributed by atoms with Gasteiger partial charge in [-0.25, -0.2) is 9.78 Å². The Bertz CT molecular complexity index is 1140. The van der Waals surface area contributed by atoms with E-state index in [1.807, 2.05) is 61.2 Å². The fourth-order valence-electron chi connectivity index (χ4n) is 3.80. The van der Waals surface area contributed by atoms with Crippen LogP contribution in [0, 0.1) is 5.41 Å². The maximum Gasteiger partial charge on any atom is 0.348 e. The van der Waals surface area contributed by atoms with Crippen molar-refractivity contribution in [2.24, 2.45) is 5.41 Å². The largest absolute Gasteiger partial charge is 0.348 e. The number of amides is 1. The standard InChI is InChI=1S/C23H23ClN4O2/c1-23(2)11-6-12-28(21(23)29)14-15-9-10-18(24)17(13-15)20-25-19(26-22(30)27-20)16-7-4-3-5-8-16/h3-5,7-10,13H,6,11-12,14H2,1-2H3,(H,25,26,27,30). The van der Waals surface area contributed by atoms with Gasteiger partial charge in [-0.1, -0.05) is 61.8 Å². The molecule has 1 aromatic heterocycles. The zero-order valence-electron chi connectivity index (χ0n) is 17.0. The fourth-order valence-corrected chi connectivity index (χ4v) is 4.01. The first-order valence-corrected chi connectivity index (χ1v) is 10.3. The highest BCUT2D eigenvalue weighted by atomic mass is 35.5. The van der Waals surface area contributed by atoms with E-state index in [2.05, 4.69) is 15.0 Å². The van der Waals surface area contributed by atoms with Crippen LogP contribution < -0.4 is 5.69 Å². The normalized spacial score (nSPS) is 16.0. The molecule has 1 aliphatic heterocycles. The molecule has 30 heavy (non-hydrogen) atoms. The molecule has 0 bridgehead atoms. The zero-order valence-corrected chi connectivity index (χ0v) is 17.7. The summed E-state index contributed by atoms with van der Waals surface area (Å²) in [5.74, 6) is 0.849. The van der Waals surface area contributed by atoms with Crippen LogP contribution in [0.1, 0.15) is 32.3 Å². The van der Waals surface area contributed by atoms with Gasteiger partial charge in [0.15, 0.2) is 5.82 Å². The molecule has 0 saturated carbocycles. The number of aromatic amines is 1. The molecule has 6 nitrogen and oxygen atoms in total. The molecule has 1 fully saturated rings.